The highest BCUT2D eigenvalue weighted by molar-refractivity contribution is 4.91. The summed E-state index contributed by atoms with van der Waals surface area (Å²) in [5.74, 6) is 5.49. The fourth-order valence-electron chi connectivity index (χ4n) is 5.28. The topological polar surface area (TPSA) is 0 Å². The van der Waals surface area contributed by atoms with Gasteiger partial charge in [0.2, 0.25) is 0 Å². The number of rotatable bonds is 13. The van der Waals surface area contributed by atoms with Crippen LogP contribution in [0.3, 0.4) is 0 Å². The first kappa shape index (κ1) is 27.0. The van der Waals surface area contributed by atoms with Gasteiger partial charge < -0.3 is 0 Å². The van der Waals surface area contributed by atoms with Crippen molar-refractivity contribution in [3.63, 3.8) is 0 Å². The second-order valence-electron chi connectivity index (χ2n) is 11.8. The van der Waals surface area contributed by atoms with E-state index in [0.29, 0.717) is 10.8 Å². The Bertz CT molecular complexity index is 391. The molecule has 0 radical (unpaired) electrons. The molecule has 0 heterocycles. The first-order valence-electron chi connectivity index (χ1n) is 12.2. The van der Waals surface area contributed by atoms with Crippen LogP contribution in [0.25, 0.3) is 0 Å². The van der Waals surface area contributed by atoms with E-state index in [4.69, 9.17) is 0 Å². The Morgan fingerprint density at radius 2 is 0.963 bits per heavy atom. The van der Waals surface area contributed by atoms with Gasteiger partial charge in [-0.2, -0.15) is 0 Å². The van der Waals surface area contributed by atoms with Crippen LogP contribution in [0.2, 0.25) is 0 Å². The van der Waals surface area contributed by atoms with Crippen LogP contribution in [0.1, 0.15) is 122 Å². The summed E-state index contributed by atoms with van der Waals surface area (Å²) in [4.78, 5) is 0. The molecule has 0 saturated heterocycles. The molecule has 0 aromatic rings. The van der Waals surface area contributed by atoms with E-state index in [9.17, 15) is 0 Å². The van der Waals surface area contributed by atoms with Crippen molar-refractivity contribution in [1.82, 2.24) is 0 Å². The highest BCUT2D eigenvalue weighted by Crippen LogP contribution is 2.49. The van der Waals surface area contributed by atoms with Crippen LogP contribution in [-0.4, -0.2) is 0 Å². The largest absolute Gasteiger partial charge is 0.0654 e. The first-order valence-corrected chi connectivity index (χ1v) is 12.2. The molecule has 7 atom stereocenters. The Morgan fingerprint density at radius 3 is 1.30 bits per heavy atom. The zero-order valence-corrected chi connectivity index (χ0v) is 21.6. The van der Waals surface area contributed by atoms with E-state index in [1.165, 1.54) is 32.1 Å². The molecule has 0 nitrogen and oxygen atoms in total. The van der Waals surface area contributed by atoms with Gasteiger partial charge in [-0.05, 0) is 65.1 Å². The maximum atomic E-state index is 2.54. The van der Waals surface area contributed by atoms with E-state index < -0.39 is 0 Å². The summed E-state index contributed by atoms with van der Waals surface area (Å²) < 4.78 is 0. The van der Waals surface area contributed by atoms with Crippen LogP contribution >= 0.6 is 0 Å². The van der Waals surface area contributed by atoms with Crippen molar-refractivity contribution in [3.05, 3.63) is 0 Å². The van der Waals surface area contributed by atoms with Gasteiger partial charge in [-0.25, -0.2) is 0 Å². The third kappa shape index (κ3) is 7.40. The van der Waals surface area contributed by atoms with E-state index in [1.807, 2.05) is 0 Å². The Labute approximate surface area is 174 Å². The maximum absolute atomic E-state index is 2.54. The Morgan fingerprint density at radius 1 is 0.593 bits per heavy atom. The van der Waals surface area contributed by atoms with E-state index in [0.717, 1.165) is 41.4 Å². The maximum Gasteiger partial charge on any atom is -0.0300 e. The first-order chi connectivity index (χ1) is 12.2. The summed E-state index contributed by atoms with van der Waals surface area (Å²) in [6.07, 6.45) is 6.74. The summed E-state index contributed by atoms with van der Waals surface area (Å²) in [6.45, 7) is 32.3. The molecule has 0 N–H and O–H groups in total. The summed E-state index contributed by atoms with van der Waals surface area (Å²) in [5.41, 5.74) is 0.789. The molecule has 0 bridgehead atoms. The average molecular weight is 381 g/mol. The zero-order valence-electron chi connectivity index (χ0n) is 21.6. The van der Waals surface area contributed by atoms with Crippen molar-refractivity contribution in [2.24, 2.45) is 52.3 Å². The average Bonchev–Trinajstić information content (AvgIpc) is 2.59. The van der Waals surface area contributed by atoms with Gasteiger partial charge in [-0.1, -0.05) is 109 Å². The van der Waals surface area contributed by atoms with Gasteiger partial charge in [0.1, 0.15) is 0 Å². The number of hydrogen-bond donors (Lipinski definition) is 0. The lowest BCUT2D eigenvalue weighted by Gasteiger charge is -2.48. The van der Waals surface area contributed by atoms with Gasteiger partial charge in [0.15, 0.2) is 0 Å². The SMILES string of the molecule is CCCC(C)CC(C)C(C)(C)C(C)C(C)C(C)C(C)(C)C(C)CC(C)CC. The molecule has 0 aliphatic carbocycles. The van der Waals surface area contributed by atoms with Crippen LogP contribution in [0.4, 0.5) is 0 Å². The van der Waals surface area contributed by atoms with Gasteiger partial charge in [0, 0.05) is 0 Å². The smallest absolute Gasteiger partial charge is 0.0300 e. The van der Waals surface area contributed by atoms with E-state index in [-0.39, 0.29) is 0 Å². The lowest BCUT2D eigenvalue weighted by Crippen LogP contribution is -2.41. The molecular formula is C27H56. The summed E-state index contributed by atoms with van der Waals surface area (Å²) in [5, 5.41) is 0. The van der Waals surface area contributed by atoms with Crippen molar-refractivity contribution < 1.29 is 0 Å². The Kier molecular flexibility index (Phi) is 11.3. The summed E-state index contributed by atoms with van der Waals surface area (Å²) >= 11 is 0. The highest BCUT2D eigenvalue weighted by atomic mass is 14.5. The minimum absolute atomic E-state index is 0.395. The third-order valence-corrected chi connectivity index (χ3v) is 9.45. The minimum Gasteiger partial charge on any atom is -0.0654 e. The second kappa shape index (κ2) is 11.3. The molecule has 0 aromatic heterocycles. The molecule has 0 heteroatoms. The molecule has 7 unspecified atom stereocenters. The molecule has 0 aliphatic heterocycles. The van der Waals surface area contributed by atoms with E-state index in [1.54, 1.807) is 0 Å². The summed E-state index contributed by atoms with van der Waals surface area (Å²) in [7, 11) is 0. The van der Waals surface area contributed by atoms with Crippen LogP contribution in [-0.2, 0) is 0 Å². The van der Waals surface area contributed by atoms with Crippen molar-refractivity contribution in [1.29, 1.82) is 0 Å². The van der Waals surface area contributed by atoms with Crippen molar-refractivity contribution >= 4 is 0 Å². The summed E-state index contributed by atoms with van der Waals surface area (Å²) in [6, 6.07) is 0. The van der Waals surface area contributed by atoms with Crippen molar-refractivity contribution in [2.75, 3.05) is 0 Å². The molecule has 0 amide bonds. The van der Waals surface area contributed by atoms with Gasteiger partial charge >= 0.3 is 0 Å². The Balaban J connectivity index is 5.18. The molecular weight excluding hydrogens is 324 g/mol. The molecule has 0 saturated carbocycles. The molecule has 0 aliphatic rings. The van der Waals surface area contributed by atoms with Gasteiger partial charge in [-0.15, -0.1) is 0 Å². The Hall–Kier alpha value is 0. The number of hydrogen-bond acceptors (Lipinski definition) is 0. The quantitative estimate of drug-likeness (QED) is 0.298. The van der Waals surface area contributed by atoms with Crippen molar-refractivity contribution in [3.8, 4) is 0 Å². The van der Waals surface area contributed by atoms with Crippen molar-refractivity contribution in [2.45, 2.75) is 122 Å². The van der Waals surface area contributed by atoms with Gasteiger partial charge in [0.25, 0.3) is 0 Å². The van der Waals surface area contributed by atoms with Crippen LogP contribution < -0.4 is 0 Å². The minimum atomic E-state index is 0.395. The molecule has 0 spiro atoms. The fraction of sp³-hybridized carbons (Fsp3) is 1.00. The van der Waals surface area contributed by atoms with Gasteiger partial charge in [-0.3, -0.25) is 0 Å². The normalized spacial score (nSPS) is 21.2. The van der Waals surface area contributed by atoms with Crippen LogP contribution in [0.5, 0.6) is 0 Å². The predicted molar refractivity (Wildman–Crippen MR) is 126 cm³/mol. The third-order valence-electron chi connectivity index (χ3n) is 9.45. The molecule has 164 valence electrons. The van der Waals surface area contributed by atoms with E-state index >= 15 is 0 Å². The molecule has 0 aromatic carbocycles. The molecule has 0 rings (SSSR count). The van der Waals surface area contributed by atoms with Crippen LogP contribution in [0.15, 0.2) is 0 Å². The monoisotopic (exact) mass is 380 g/mol. The second-order valence-corrected chi connectivity index (χ2v) is 11.8. The standard InChI is InChI=1S/C27H56/c1-14-16-20(4)18-22(6)27(12,13)25(9)23(7)24(8)26(10,11)21(5)17-19(3)15-2/h19-25H,14-18H2,1-13H3. The lowest BCUT2D eigenvalue weighted by molar-refractivity contribution is 0.00497. The lowest BCUT2D eigenvalue weighted by atomic mass is 9.57. The van der Waals surface area contributed by atoms with Crippen LogP contribution in [0, 0.1) is 52.3 Å². The highest BCUT2D eigenvalue weighted by Gasteiger charge is 2.42. The molecule has 27 heavy (non-hydrogen) atoms. The zero-order chi connectivity index (χ0) is 21.6. The predicted octanol–water partition coefficient (Wildman–Crippen LogP) is 9.48. The fourth-order valence-corrected chi connectivity index (χ4v) is 5.28. The molecule has 0 fully saturated rings. The van der Waals surface area contributed by atoms with E-state index in [2.05, 4.69) is 90.0 Å². The van der Waals surface area contributed by atoms with Gasteiger partial charge in [0.05, 0.1) is 0 Å².